The Bertz CT molecular complexity index is 332. The summed E-state index contributed by atoms with van der Waals surface area (Å²) in [7, 11) is 0. The Kier molecular flexibility index (Phi) is 5.56. The lowest BCUT2D eigenvalue weighted by Crippen LogP contribution is -2.50. The maximum Gasteiger partial charge on any atom is 0.315 e. The standard InChI is InChI=1S/C12H22N2O5/c1-8-5-9(3-4-19-8)14-11(17)13-7-12(2,18)6-10(15)16/h8-9,18H,3-7H2,1-2H3,(H,15,16)(H2,13,14,17). The van der Waals surface area contributed by atoms with Crippen molar-refractivity contribution >= 4 is 12.0 Å². The average Bonchev–Trinajstić information content (AvgIpc) is 2.25. The number of aliphatic hydroxyl groups is 1. The smallest absolute Gasteiger partial charge is 0.315 e. The Morgan fingerprint density at radius 2 is 2.16 bits per heavy atom. The van der Waals surface area contributed by atoms with E-state index in [4.69, 9.17) is 9.84 Å². The van der Waals surface area contributed by atoms with Gasteiger partial charge in [-0.1, -0.05) is 0 Å². The molecule has 0 aliphatic carbocycles. The molecule has 3 atom stereocenters. The summed E-state index contributed by atoms with van der Waals surface area (Å²) in [5, 5.41) is 23.6. The van der Waals surface area contributed by atoms with Gasteiger partial charge in [-0.05, 0) is 26.7 Å². The molecular weight excluding hydrogens is 252 g/mol. The summed E-state index contributed by atoms with van der Waals surface area (Å²) in [6, 6.07) is -0.349. The van der Waals surface area contributed by atoms with Crippen LogP contribution < -0.4 is 10.6 Å². The number of hydrogen-bond donors (Lipinski definition) is 4. The summed E-state index contributed by atoms with van der Waals surface area (Å²) in [5.41, 5.74) is -1.45. The van der Waals surface area contributed by atoms with Crippen molar-refractivity contribution in [3.63, 3.8) is 0 Å². The fourth-order valence-corrected chi connectivity index (χ4v) is 2.02. The highest BCUT2D eigenvalue weighted by atomic mass is 16.5. The van der Waals surface area contributed by atoms with Crippen LogP contribution in [0.4, 0.5) is 4.79 Å². The van der Waals surface area contributed by atoms with Crippen molar-refractivity contribution in [2.45, 2.75) is 50.9 Å². The number of carboxylic acids is 1. The molecule has 1 aliphatic rings. The summed E-state index contributed by atoms with van der Waals surface area (Å²) in [6.07, 6.45) is 1.21. The zero-order valence-electron chi connectivity index (χ0n) is 11.3. The van der Waals surface area contributed by atoms with Crippen molar-refractivity contribution < 1.29 is 24.5 Å². The highest BCUT2D eigenvalue weighted by molar-refractivity contribution is 5.74. The second kappa shape index (κ2) is 6.72. The third-order valence-electron chi connectivity index (χ3n) is 2.98. The van der Waals surface area contributed by atoms with Crippen LogP contribution in [0.5, 0.6) is 0 Å². The van der Waals surface area contributed by atoms with Gasteiger partial charge in [-0.25, -0.2) is 4.79 Å². The maximum atomic E-state index is 11.6. The minimum atomic E-state index is -1.45. The second-order valence-corrected chi connectivity index (χ2v) is 5.30. The van der Waals surface area contributed by atoms with Gasteiger partial charge in [-0.15, -0.1) is 0 Å². The van der Waals surface area contributed by atoms with Gasteiger partial charge in [0.15, 0.2) is 0 Å². The minimum absolute atomic E-state index is 0.0492. The number of aliphatic carboxylic acids is 1. The van der Waals surface area contributed by atoms with Gasteiger partial charge < -0.3 is 25.6 Å². The Labute approximate surface area is 112 Å². The van der Waals surface area contributed by atoms with E-state index < -0.39 is 24.0 Å². The first kappa shape index (κ1) is 15.7. The number of nitrogens with one attached hydrogen (secondary N) is 2. The molecule has 110 valence electrons. The van der Waals surface area contributed by atoms with E-state index in [0.29, 0.717) is 6.61 Å². The third-order valence-corrected chi connectivity index (χ3v) is 2.98. The van der Waals surface area contributed by atoms with E-state index in [2.05, 4.69) is 10.6 Å². The SMILES string of the molecule is CC1CC(NC(=O)NCC(C)(O)CC(=O)O)CCO1. The molecular formula is C12H22N2O5. The predicted molar refractivity (Wildman–Crippen MR) is 67.8 cm³/mol. The maximum absolute atomic E-state index is 11.6. The molecule has 2 amide bonds. The minimum Gasteiger partial charge on any atom is -0.481 e. The molecule has 1 saturated heterocycles. The van der Waals surface area contributed by atoms with E-state index in [1.54, 1.807) is 0 Å². The highest BCUT2D eigenvalue weighted by Gasteiger charge is 2.26. The summed E-state index contributed by atoms with van der Waals surface area (Å²) in [6.45, 7) is 3.83. The van der Waals surface area contributed by atoms with E-state index in [1.165, 1.54) is 6.92 Å². The fraction of sp³-hybridized carbons (Fsp3) is 0.833. The van der Waals surface area contributed by atoms with Crippen molar-refractivity contribution in [1.29, 1.82) is 0 Å². The van der Waals surface area contributed by atoms with Crippen LogP contribution in [0.15, 0.2) is 0 Å². The molecule has 0 aromatic heterocycles. The number of carbonyl (C=O) groups excluding carboxylic acids is 1. The van der Waals surface area contributed by atoms with Crippen LogP contribution in [0, 0.1) is 0 Å². The summed E-state index contributed by atoms with van der Waals surface area (Å²) >= 11 is 0. The number of carbonyl (C=O) groups is 2. The number of carboxylic acid groups (broad SMARTS) is 1. The molecule has 0 aromatic rings. The van der Waals surface area contributed by atoms with E-state index in [0.717, 1.165) is 12.8 Å². The Balaban J connectivity index is 2.29. The highest BCUT2D eigenvalue weighted by Crippen LogP contribution is 2.13. The molecule has 1 rings (SSSR count). The monoisotopic (exact) mass is 274 g/mol. The summed E-state index contributed by atoms with van der Waals surface area (Å²) < 4.78 is 5.37. The number of hydrogen-bond acceptors (Lipinski definition) is 4. The van der Waals surface area contributed by atoms with Crippen LogP contribution >= 0.6 is 0 Å². The molecule has 19 heavy (non-hydrogen) atoms. The Hall–Kier alpha value is -1.34. The molecule has 1 aliphatic heterocycles. The average molecular weight is 274 g/mol. The second-order valence-electron chi connectivity index (χ2n) is 5.30. The topological polar surface area (TPSA) is 108 Å². The first-order chi connectivity index (χ1) is 8.78. The predicted octanol–water partition coefficient (Wildman–Crippen LogP) is 0.0788. The van der Waals surface area contributed by atoms with E-state index in [1.807, 2.05) is 6.92 Å². The Morgan fingerprint density at radius 3 is 2.74 bits per heavy atom. The van der Waals surface area contributed by atoms with Gasteiger partial charge in [0.25, 0.3) is 0 Å². The Morgan fingerprint density at radius 1 is 1.47 bits per heavy atom. The lowest BCUT2D eigenvalue weighted by molar-refractivity contribution is -0.141. The summed E-state index contributed by atoms with van der Waals surface area (Å²) in [4.78, 5) is 22.1. The van der Waals surface area contributed by atoms with Gasteiger partial charge in [-0.2, -0.15) is 0 Å². The largest absolute Gasteiger partial charge is 0.481 e. The quantitative estimate of drug-likeness (QED) is 0.568. The van der Waals surface area contributed by atoms with Gasteiger partial charge >= 0.3 is 12.0 Å². The van der Waals surface area contributed by atoms with Crippen molar-refractivity contribution in [2.75, 3.05) is 13.2 Å². The number of urea groups is 1. The number of rotatable bonds is 5. The van der Waals surface area contributed by atoms with Crippen molar-refractivity contribution in [1.82, 2.24) is 10.6 Å². The van der Waals surface area contributed by atoms with E-state index >= 15 is 0 Å². The molecule has 1 heterocycles. The first-order valence-electron chi connectivity index (χ1n) is 6.38. The number of ether oxygens (including phenoxy) is 1. The molecule has 0 radical (unpaired) electrons. The van der Waals surface area contributed by atoms with Gasteiger partial charge in [0.05, 0.1) is 18.1 Å². The normalized spacial score (nSPS) is 26.3. The van der Waals surface area contributed by atoms with Crippen LogP contribution in [0.3, 0.4) is 0 Å². The van der Waals surface area contributed by atoms with Gasteiger partial charge in [0, 0.05) is 19.2 Å². The molecule has 4 N–H and O–H groups in total. The fourth-order valence-electron chi connectivity index (χ4n) is 2.02. The van der Waals surface area contributed by atoms with Crippen LogP contribution in [0.1, 0.15) is 33.1 Å². The molecule has 0 bridgehead atoms. The van der Waals surface area contributed by atoms with Crippen molar-refractivity contribution in [3.8, 4) is 0 Å². The molecule has 7 heteroatoms. The zero-order chi connectivity index (χ0) is 14.5. The van der Waals surface area contributed by atoms with Gasteiger partial charge in [0.1, 0.15) is 0 Å². The number of amides is 2. The van der Waals surface area contributed by atoms with Crippen molar-refractivity contribution in [3.05, 3.63) is 0 Å². The summed E-state index contributed by atoms with van der Waals surface area (Å²) in [5.74, 6) is -1.11. The third kappa shape index (κ3) is 6.40. The lowest BCUT2D eigenvalue weighted by atomic mass is 10.0. The van der Waals surface area contributed by atoms with Crippen LogP contribution in [-0.2, 0) is 9.53 Å². The molecule has 1 fully saturated rings. The van der Waals surface area contributed by atoms with Crippen LogP contribution in [0.25, 0.3) is 0 Å². The zero-order valence-corrected chi connectivity index (χ0v) is 11.3. The van der Waals surface area contributed by atoms with Crippen molar-refractivity contribution in [2.24, 2.45) is 0 Å². The van der Waals surface area contributed by atoms with Crippen LogP contribution in [0.2, 0.25) is 0 Å². The molecule has 0 spiro atoms. The molecule has 0 saturated carbocycles. The van der Waals surface area contributed by atoms with E-state index in [9.17, 15) is 14.7 Å². The molecule has 7 nitrogen and oxygen atoms in total. The molecule has 0 aromatic carbocycles. The van der Waals surface area contributed by atoms with Gasteiger partial charge in [-0.3, -0.25) is 4.79 Å². The lowest BCUT2D eigenvalue weighted by Gasteiger charge is -2.28. The van der Waals surface area contributed by atoms with E-state index in [-0.39, 0.29) is 18.7 Å². The van der Waals surface area contributed by atoms with Crippen LogP contribution in [-0.4, -0.2) is 53.1 Å². The first-order valence-corrected chi connectivity index (χ1v) is 6.38. The van der Waals surface area contributed by atoms with Gasteiger partial charge in [0.2, 0.25) is 0 Å². The molecule has 3 unspecified atom stereocenters.